The second-order valence-electron chi connectivity index (χ2n) is 4.76. The third-order valence-corrected chi connectivity index (χ3v) is 2.74. The van der Waals surface area contributed by atoms with E-state index in [0.29, 0.717) is 19.2 Å². The Kier molecular flexibility index (Phi) is 4.35. The van der Waals surface area contributed by atoms with Crippen molar-refractivity contribution in [2.45, 2.75) is 57.8 Å². The normalized spacial score (nSPS) is 19.7. The van der Waals surface area contributed by atoms with E-state index in [4.69, 9.17) is 4.74 Å². The fourth-order valence-electron chi connectivity index (χ4n) is 1.07. The number of aliphatic hydroxyl groups is 1. The lowest BCUT2D eigenvalue weighted by atomic mass is 10.1. The van der Waals surface area contributed by atoms with Crippen molar-refractivity contribution in [2.24, 2.45) is 0 Å². The van der Waals surface area contributed by atoms with Crippen LogP contribution >= 0.6 is 0 Å². The highest BCUT2D eigenvalue weighted by Crippen LogP contribution is 2.18. The zero-order valence-corrected chi connectivity index (χ0v) is 9.55. The SMILES string of the molecule is CCC(C)(C)OCC(O)CNC1CC1. The molecule has 1 fully saturated rings. The molecule has 1 aliphatic rings. The van der Waals surface area contributed by atoms with Crippen molar-refractivity contribution in [2.75, 3.05) is 13.2 Å². The fourth-order valence-corrected chi connectivity index (χ4v) is 1.07. The number of hydrogen-bond donors (Lipinski definition) is 2. The molecule has 0 aliphatic heterocycles. The largest absolute Gasteiger partial charge is 0.389 e. The highest BCUT2D eigenvalue weighted by Gasteiger charge is 2.22. The van der Waals surface area contributed by atoms with Gasteiger partial charge in [0.2, 0.25) is 0 Å². The van der Waals surface area contributed by atoms with Crippen LogP contribution in [-0.4, -0.2) is 36.0 Å². The molecule has 0 heterocycles. The second-order valence-corrected chi connectivity index (χ2v) is 4.76. The predicted octanol–water partition coefficient (Wildman–Crippen LogP) is 1.30. The van der Waals surface area contributed by atoms with Gasteiger partial charge in [-0.25, -0.2) is 0 Å². The van der Waals surface area contributed by atoms with E-state index in [0.717, 1.165) is 6.42 Å². The van der Waals surface area contributed by atoms with E-state index in [9.17, 15) is 5.11 Å². The zero-order valence-electron chi connectivity index (χ0n) is 9.55. The summed E-state index contributed by atoms with van der Waals surface area (Å²) in [5.41, 5.74) is -0.111. The van der Waals surface area contributed by atoms with Gasteiger partial charge in [-0.15, -0.1) is 0 Å². The van der Waals surface area contributed by atoms with Crippen LogP contribution in [0, 0.1) is 0 Å². The van der Waals surface area contributed by atoms with Crippen molar-refractivity contribution in [1.82, 2.24) is 5.32 Å². The fraction of sp³-hybridized carbons (Fsp3) is 1.00. The van der Waals surface area contributed by atoms with E-state index < -0.39 is 0 Å². The van der Waals surface area contributed by atoms with Crippen molar-refractivity contribution < 1.29 is 9.84 Å². The van der Waals surface area contributed by atoms with Gasteiger partial charge >= 0.3 is 0 Å². The van der Waals surface area contributed by atoms with Crippen LogP contribution in [0.3, 0.4) is 0 Å². The molecule has 3 heteroatoms. The van der Waals surface area contributed by atoms with Crippen molar-refractivity contribution in [3.05, 3.63) is 0 Å². The Labute approximate surface area is 86.8 Å². The van der Waals surface area contributed by atoms with E-state index in [1.165, 1.54) is 12.8 Å². The Morgan fingerprint density at radius 1 is 1.50 bits per heavy atom. The van der Waals surface area contributed by atoms with E-state index in [-0.39, 0.29) is 11.7 Å². The van der Waals surface area contributed by atoms with Gasteiger partial charge in [0, 0.05) is 12.6 Å². The van der Waals surface area contributed by atoms with Gasteiger partial charge in [0.1, 0.15) is 0 Å². The van der Waals surface area contributed by atoms with Gasteiger partial charge in [0.25, 0.3) is 0 Å². The Morgan fingerprint density at radius 2 is 2.14 bits per heavy atom. The second kappa shape index (κ2) is 5.10. The Hall–Kier alpha value is -0.120. The molecule has 84 valence electrons. The van der Waals surface area contributed by atoms with Crippen LogP contribution in [-0.2, 0) is 4.74 Å². The molecule has 0 spiro atoms. The van der Waals surface area contributed by atoms with E-state index >= 15 is 0 Å². The van der Waals surface area contributed by atoms with Crippen LogP contribution in [0.1, 0.15) is 40.0 Å². The molecule has 1 rings (SSSR count). The van der Waals surface area contributed by atoms with E-state index in [1.807, 2.05) is 13.8 Å². The van der Waals surface area contributed by atoms with Crippen molar-refractivity contribution in [1.29, 1.82) is 0 Å². The summed E-state index contributed by atoms with van der Waals surface area (Å²) in [5, 5.41) is 12.9. The van der Waals surface area contributed by atoms with Gasteiger partial charge in [0.15, 0.2) is 0 Å². The molecular weight excluding hydrogens is 178 g/mol. The summed E-state index contributed by atoms with van der Waals surface area (Å²) >= 11 is 0. The zero-order chi connectivity index (χ0) is 10.6. The average molecular weight is 201 g/mol. The highest BCUT2D eigenvalue weighted by atomic mass is 16.5. The molecular formula is C11H23NO2. The summed E-state index contributed by atoms with van der Waals surface area (Å²) in [6.07, 6.45) is 3.11. The first-order chi connectivity index (χ1) is 6.53. The lowest BCUT2D eigenvalue weighted by molar-refractivity contribution is -0.0601. The highest BCUT2D eigenvalue weighted by molar-refractivity contribution is 4.81. The Bertz CT molecular complexity index is 167. The Morgan fingerprint density at radius 3 is 2.64 bits per heavy atom. The van der Waals surface area contributed by atoms with Crippen LogP contribution in [0.5, 0.6) is 0 Å². The van der Waals surface area contributed by atoms with Gasteiger partial charge in [-0.2, -0.15) is 0 Å². The standard InChI is InChI=1S/C11H23NO2/c1-4-11(2,3)14-8-10(13)7-12-9-5-6-9/h9-10,12-13H,4-8H2,1-3H3. The van der Waals surface area contributed by atoms with Gasteiger partial charge < -0.3 is 15.2 Å². The summed E-state index contributed by atoms with van der Waals surface area (Å²) in [5.74, 6) is 0. The first-order valence-corrected chi connectivity index (χ1v) is 5.59. The van der Waals surface area contributed by atoms with Crippen molar-refractivity contribution >= 4 is 0 Å². The molecule has 3 nitrogen and oxygen atoms in total. The third-order valence-electron chi connectivity index (χ3n) is 2.74. The third kappa shape index (κ3) is 4.94. The van der Waals surface area contributed by atoms with E-state index in [1.54, 1.807) is 0 Å². The van der Waals surface area contributed by atoms with Crippen LogP contribution < -0.4 is 5.32 Å². The lowest BCUT2D eigenvalue weighted by Gasteiger charge is -2.25. The molecule has 1 unspecified atom stereocenters. The molecule has 0 bridgehead atoms. The van der Waals surface area contributed by atoms with Crippen LogP contribution in [0.4, 0.5) is 0 Å². The first kappa shape index (κ1) is 12.0. The number of hydrogen-bond acceptors (Lipinski definition) is 3. The van der Waals surface area contributed by atoms with Crippen molar-refractivity contribution in [3.8, 4) is 0 Å². The summed E-state index contributed by atoms with van der Waals surface area (Å²) in [4.78, 5) is 0. The minimum Gasteiger partial charge on any atom is -0.389 e. The molecule has 0 saturated heterocycles. The molecule has 1 atom stereocenters. The molecule has 1 aliphatic carbocycles. The summed E-state index contributed by atoms with van der Waals surface area (Å²) in [6.45, 7) is 7.28. The predicted molar refractivity (Wildman–Crippen MR) is 57.4 cm³/mol. The lowest BCUT2D eigenvalue weighted by Crippen LogP contribution is -2.35. The molecule has 0 amide bonds. The van der Waals surface area contributed by atoms with Crippen molar-refractivity contribution in [3.63, 3.8) is 0 Å². The molecule has 0 aromatic carbocycles. The molecule has 2 N–H and O–H groups in total. The Balaban J connectivity index is 2.03. The van der Waals surface area contributed by atoms with Gasteiger partial charge in [-0.3, -0.25) is 0 Å². The topological polar surface area (TPSA) is 41.5 Å². The number of ether oxygens (including phenoxy) is 1. The number of nitrogens with one attached hydrogen (secondary N) is 1. The van der Waals surface area contributed by atoms with Crippen LogP contribution in [0.15, 0.2) is 0 Å². The minimum atomic E-state index is -0.374. The van der Waals surface area contributed by atoms with Gasteiger partial charge in [-0.1, -0.05) is 6.92 Å². The monoisotopic (exact) mass is 201 g/mol. The quantitative estimate of drug-likeness (QED) is 0.652. The maximum atomic E-state index is 9.60. The smallest absolute Gasteiger partial charge is 0.0898 e. The summed E-state index contributed by atoms with van der Waals surface area (Å²) in [6, 6.07) is 0.656. The maximum absolute atomic E-state index is 9.60. The molecule has 0 aromatic rings. The van der Waals surface area contributed by atoms with E-state index in [2.05, 4.69) is 12.2 Å². The molecule has 14 heavy (non-hydrogen) atoms. The molecule has 0 aromatic heterocycles. The molecule has 1 saturated carbocycles. The number of aliphatic hydroxyl groups excluding tert-OH is 1. The minimum absolute atomic E-state index is 0.111. The average Bonchev–Trinajstić information content (AvgIpc) is 2.95. The summed E-state index contributed by atoms with van der Waals surface area (Å²) < 4.78 is 5.60. The van der Waals surface area contributed by atoms with Gasteiger partial charge in [0.05, 0.1) is 18.3 Å². The molecule has 0 radical (unpaired) electrons. The maximum Gasteiger partial charge on any atom is 0.0898 e. The van der Waals surface area contributed by atoms with Gasteiger partial charge in [-0.05, 0) is 33.1 Å². The van der Waals surface area contributed by atoms with Crippen LogP contribution in [0.2, 0.25) is 0 Å². The summed E-state index contributed by atoms with van der Waals surface area (Å²) in [7, 11) is 0. The number of rotatable bonds is 7. The van der Waals surface area contributed by atoms with Crippen LogP contribution in [0.25, 0.3) is 0 Å². The first-order valence-electron chi connectivity index (χ1n) is 5.59.